The smallest absolute Gasteiger partial charge is 0.497 e. The maximum Gasteiger partial charge on any atom is 0.534 e. The third-order valence-electron chi connectivity index (χ3n) is 3.62. The van der Waals surface area contributed by atoms with Crippen molar-refractivity contribution in [2.24, 2.45) is 0 Å². The van der Waals surface area contributed by atoms with E-state index in [0.29, 0.717) is 11.3 Å². The van der Waals surface area contributed by atoms with Crippen LogP contribution in [-0.4, -0.2) is 21.0 Å². The van der Waals surface area contributed by atoms with Crippen LogP contribution in [0.25, 0.3) is 5.76 Å². The molecule has 5 nitrogen and oxygen atoms in total. The Morgan fingerprint density at radius 1 is 1.08 bits per heavy atom. The van der Waals surface area contributed by atoms with Crippen molar-refractivity contribution >= 4 is 15.9 Å². The molecule has 0 saturated heterocycles. The van der Waals surface area contributed by atoms with Crippen LogP contribution in [0, 0.1) is 0 Å². The monoisotopic (exact) mass is 386 g/mol. The van der Waals surface area contributed by atoms with Crippen LogP contribution in [0.3, 0.4) is 0 Å². The van der Waals surface area contributed by atoms with Crippen LogP contribution >= 0.6 is 0 Å². The summed E-state index contributed by atoms with van der Waals surface area (Å²) in [4.78, 5) is 0. The Kier molecular flexibility index (Phi) is 4.57. The molecule has 26 heavy (non-hydrogen) atoms. The summed E-state index contributed by atoms with van der Waals surface area (Å²) in [7, 11) is -4.40. The Labute approximate surface area is 147 Å². The molecule has 3 rings (SSSR count). The molecule has 2 aromatic carbocycles. The molecule has 0 saturated carbocycles. The second kappa shape index (κ2) is 6.56. The van der Waals surface area contributed by atoms with Crippen LogP contribution in [0.4, 0.5) is 13.2 Å². The zero-order chi connectivity index (χ0) is 18.9. The Hall–Kier alpha value is -2.68. The molecule has 0 fully saturated rings. The fourth-order valence-electron chi connectivity index (χ4n) is 2.37. The molecule has 9 heteroatoms. The number of alkyl halides is 3. The maximum absolute atomic E-state index is 12.7. The summed E-state index contributed by atoms with van der Waals surface area (Å²) >= 11 is 0. The standard InChI is InChI=1S/C17H13F3O5S/c1-23-12-7-8-13-15(9-12)24-14(11-5-3-2-4-6-11)10-16(13)25-26(21,22)17(18,19)20/h2-10,14H,1H3. The molecule has 0 radical (unpaired) electrons. The van der Waals surface area contributed by atoms with Crippen LogP contribution in [0.15, 0.2) is 54.6 Å². The van der Waals surface area contributed by atoms with E-state index in [1.165, 1.54) is 31.4 Å². The Bertz CT molecular complexity index is 937. The molecular weight excluding hydrogens is 373 g/mol. The minimum absolute atomic E-state index is 0.0748. The topological polar surface area (TPSA) is 61.8 Å². The molecule has 0 aromatic heterocycles. The lowest BCUT2D eigenvalue weighted by molar-refractivity contribution is -0.0510. The lowest BCUT2D eigenvalue weighted by Crippen LogP contribution is -2.26. The average molecular weight is 386 g/mol. The van der Waals surface area contributed by atoms with E-state index in [-0.39, 0.29) is 11.3 Å². The fourth-order valence-corrected chi connectivity index (χ4v) is 2.85. The van der Waals surface area contributed by atoms with Crippen LogP contribution in [-0.2, 0) is 14.3 Å². The highest BCUT2D eigenvalue weighted by Crippen LogP contribution is 2.41. The minimum atomic E-state index is -5.82. The van der Waals surface area contributed by atoms with E-state index in [1.807, 2.05) is 0 Å². The lowest BCUT2D eigenvalue weighted by Gasteiger charge is -2.26. The predicted octanol–water partition coefficient (Wildman–Crippen LogP) is 4.04. The van der Waals surface area contributed by atoms with Gasteiger partial charge in [-0.25, -0.2) is 0 Å². The number of hydrogen-bond donors (Lipinski definition) is 0. The van der Waals surface area contributed by atoms with Crippen LogP contribution < -0.4 is 9.47 Å². The second-order valence-electron chi connectivity index (χ2n) is 5.33. The first kappa shape index (κ1) is 18.1. The highest BCUT2D eigenvalue weighted by atomic mass is 32.2. The molecular formula is C17H13F3O5S. The minimum Gasteiger partial charge on any atom is -0.497 e. The maximum atomic E-state index is 12.7. The van der Waals surface area contributed by atoms with Gasteiger partial charge in [-0.3, -0.25) is 0 Å². The van der Waals surface area contributed by atoms with Gasteiger partial charge in [0.1, 0.15) is 17.6 Å². The summed E-state index contributed by atoms with van der Waals surface area (Å²) < 4.78 is 76.3. The van der Waals surface area contributed by atoms with Crippen molar-refractivity contribution in [2.75, 3.05) is 7.11 Å². The first-order chi connectivity index (χ1) is 12.2. The van der Waals surface area contributed by atoms with Gasteiger partial charge in [0.25, 0.3) is 0 Å². The Morgan fingerprint density at radius 3 is 2.38 bits per heavy atom. The van der Waals surface area contributed by atoms with Gasteiger partial charge in [0.15, 0.2) is 5.76 Å². The molecule has 1 unspecified atom stereocenters. The van der Waals surface area contributed by atoms with Crippen LogP contribution in [0.5, 0.6) is 11.5 Å². The molecule has 1 aliphatic rings. The van der Waals surface area contributed by atoms with E-state index in [0.717, 1.165) is 0 Å². The zero-order valence-electron chi connectivity index (χ0n) is 13.4. The molecule has 1 aliphatic heterocycles. The van der Waals surface area contributed by atoms with E-state index in [2.05, 4.69) is 4.18 Å². The van der Waals surface area contributed by atoms with Gasteiger partial charge in [-0.2, -0.15) is 21.6 Å². The predicted molar refractivity (Wildman–Crippen MR) is 86.8 cm³/mol. The van der Waals surface area contributed by atoms with Gasteiger partial charge in [0, 0.05) is 12.1 Å². The number of fused-ring (bicyclic) bond motifs is 1. The van der Waals surface area contributed by atoms with Gasteiger partial charge in [-0.1, -0.05) is 30.3 Å². The first-order valence-electron chi connectivity index (χ1n) is 7.34. The fraction of sp³-hybridized carbons (Fsp3) is 0.176. The van der Waals surface area contributed by atoms with Gasteiger partial charge < -0.3 is 13.7 Å². The van der Waals surface area contributed by atoms with Crippen LogP contribution in [0.1, 0.15) is 17.2 Å². The second-order valence-corrected chi connectivity index (χ2v) is 6.86. The SMILES string of the molecule is COc1ccc2c(c1)OC(c1ccccc1)C=C2OS(=O)(=O)C(F)(F)F. The number of halogens is 3. The van der Waals surface area contributed by atoms with Gasteiger partial charge in [-0.15, -0.1) is 0 Å². The first-order valence-corrected chi connectivity index (χ1v) is 8.75. The molecule has 0 N–H and O–H groups in total. The van der Waals surface area contributed by atoms with E-state index in [1.54, 1.807) is 30.3 Å². The molecule has 0 aliphatic carbocycles. The van der Waals surface area contributed by atoms with Gasteiger partial charge in [-0.05, 0) is 17.7 Å². The van der Waals surface area contributed by atoms with E-state index < -0.39 is 27.5 Å². The van der Waals surface area contributed by atoms with E-state index in [9.17, 15) is 21.6 Å². The quantitative estimate of drug-likeness (QED) is 0.586. The summed E-state index contributed by atoms with van der Waals surface area (Å²) in [5.41, 5.74) is -4.85. The zero-order valence-corrected chi connectivity index (χ0v) is 14.2. The highest BCUT2D eigenvalue weighted by molar-refractivity contribution is 7.87. The summed E-state index contributed by atoms with van der Waals surface area (Å²) in [6.45, 7) is 0. The normalized spacial score (nSPS) is 16.9. The summed E-state index contributed by atoms with van der Waals surface area (Å²) in [6.07, 6.45) is 0.363. The van der Waals surface area contributed by atoms with Crippen molar-refractivity contribution in [3.05, 3.63) is 65.7 Å². The number of methoxy groups -OCH3 is 1. The highest BCUT2D eigenvalue weighted by Gasteiger charge is 2.49. The number of ether oxygens (including phenoxy) is 2. The molecule has 1 heterocycles. The summed E-state index contributed by atoms with van der Waals surface area (Å²) in [5.74, 6) is 0.0867. The number of rotatable bonds is 4. The molecule has 0 bridgehead atoms. The molecule has 1 atom stereocenters. The van der Waals surface area contributed by atoms with Crippen molar-refractivity contribution in [3.8, 4) is 11.5 Å². The largest absolute Gasteiger partial charge is 0.534 e. The van der Waals surface area contributed by atoms with Gasteiger partial charge in [0.05, 0.1) is 12.7 Å². The van der Waals surface area contributed by atoms with Crippen molar-refractivity contribution in [2.45, 2.75) is 11.6 Å². The van der Waals surface area contributed by atoms with E-state index >= 15 is 0 Å². The summed E-state index contributed by atoms with van der Waals surface area (Å²) in [6, 6.07) is 12.9. The van der Waals surface area contributed by atoms with Crippen molar-refractivity contribution < 1.29 is 35.2 Å². The van der Waals surface area contributed by atoms with Crippen molar-refractivity contribution in [3.63, 3.8) is 0 Å². The van der Waals surface area contributed by atoms with E-state index in [4.69, 9.17) is 9.47 Å². The number of hydrogen-bond acceptors (Lipinski definition) is 5. The van der Waals surface area contributed by atoms with Crippen LogP contribution in [0.2, 0.25) is 0 Å². The molecule has 2 aromatic rings. The average Bonchev–Trinajstić information content (AvgIpc) is 2.60. The van der Waals surface area contributed by atoms with Gasteiger partial charge >= 0.3 is 15.6 Å². The third-order valence-corrected chi connectivity index (χ3v) is 4.59. The Balaban J connectivity index is 2.08. The molecule has 138 valence electrons. The molecule has 0 amide bonds. The van der Waals surface area contributed by atoms with Crippen molar-refractivity contribution in [1.29, 1.82) is 0 Å². The molecule has 0 spiro atoms. The van der Waals surface area contributed by atoms with Crippen molar-refractivity contribution in [1.82, 2.24) is 0 Å². The Morgan fingerprint density at radius 2 is 1.77 bits per heavy atom. The third kappa shape index (κ3) is 3.48. The van der Waals surface area contributed by atoms with Gasteiger partial charge in [0.2, 0.25) is 0 Å². The lowest BCUT2D eigenvalue weighted by atomic mass is 10.0. The number of benzene rings is 2. The summed E-state index contributed by atoms with van der Waals surface area (Å²) in [5, 5.41) is 0.